The van der Waals surface area contributed by atoms with Gasteiger partial charge in [-0.1, -0.05) is 6.92 Å². The molecule has 1 saturated carbocycles. The molecule has 8 heteroatoms. The number of halogens is 2. The molecule has 0 saturated heterocycles. The fourth-order valence-electron chi connectivity index (χ4n) is 3.71. The van der Waals surface area contributed by atoms with Crippen molar-refractivity contribution in [2.24, 2.45) is 5.92 Å². The van der Waals surface area contributed by atoms with Crippen molar-refractivity contribution in [3.8, 4) is 0 Å². The fourth-order valence-corrected chi connectivity index (χ4v) is 3.71. The molecule has 1 N–H and O–H groups in total. The molecule has 6 nitrogen and oxygen atoms in total. The molecule has 0 spiro atoms. The highest BCUT2D eigenvalue weighted by Gasteiger charge is 2.26. The molecule has 1 fully saturated rings. The predicted molar refractivity (Wildman–Crippen MR) is 101 cm³/mol. The predicted octanol–water partition coefficient (Wildman–Crippen LogP) is 4.77. The zero-order chi connectivity index (χ0) is 19.7. The summed E-state index contributed by atoms with van der Waals surface area (Å²) >= 11 is 0. The third-order valence-electron chi connectivity index (χ3n) is 5.32. The Morgan fingerprint density at radius 3 is 2.71 bits per heavy atom. The first-order valence-corrected chi connectivity index (χ1v) is 9.41. The fraction of sp³-hybridized carbons (Fsp3) is 0.400. The van der Waals surface area contributed by atoms with E-state index in [4.69, 9.17) is 0 Å². The molecular formula is C20H21F2N5O. The number of aromatic nitrogens is 4. The van der Waals surface area contributed by atoms with Crippen LogP contribution in [0.4, 0.5) is 14.5 Å². The van der Waals surface area contributed by atoms with E-state index in [0.717, 1.165) is 25.7 Å². The minimum atomic E-state index is -2.77. The molecule has 0 unspecified atom stereocenters. The number of anilines is 1. The number of rotatable bonds is 4. The molecule has 3 heterocycles. The molecule has 4 rings (SSSR count). The summed E-state index contributed by atoms with van der Waals surface area (Å²) in [5.74, 6) is 0.137. The molecular weight excluding hydrogens is 364 g/mol. The van der Waals surface area contributed by atoms with Crippen LogP contribution in [0.5, 0.6) is 0 Å². The minimum Gasteiger partial charge on any atom is -0.319 e. The summed E-state index contributed by atoms with van der Waals surface area (Å²) in [6, 6.07) is 5.08. The van der Waals surface area contributed by atoms with Crippen LogP contribution in [0.1, 0.15) is 61.1 Å². The Labute approximate surface area is 161 Å². The number of hydrogen-bond donors (Lipinski definition) is 1. The van der Waals surface area contributed by atoms with E-state index in [-0.39, 0.29) is 17.3 Å². The quantitative estimate of drug-likeness (QED) is 0.702. The lowest BCUT2D eigenvalue weighted by Gasteiger charge is -2.26. The summed E-state index contributed by atoms with van der Waals surface area (Å²) in [5.41, 5.74) is 0.911. The van der Waals surface area contributed by atoms with Crippen LogP contribution >= 0.6 is 0 Å². The maximum absolute atomic E-state index is 13.5. The van der Waals surface area contributed by atoms with Crippen molar-refractivity contribution in [1.29, 1.82) is 0 Å². The summed E-state index contributed by atoms with van der Waals surface area (Å²) in [5, 5.41) is 6.69. The standard InChI is InChI=1S/C20H21F2N5O/c1-12-4-6-13(7-5-12)27-11-16(18(26-27)19(21)22)25-20(28)14-8-10-23-15-3-2-9-24-17(14)15/h2-3,8-13,19H,4-7H2,1H3,(H,25,28)/t12-,13-. The van der Waals surface area contributed by atoms with Gasteiger partial charge in [-0.25, -0.2) is 8.78 Å². The molecule has 146 valence electrons. The maximum atomic E-state index is 13.5. The lowest BCUT2D eigenvalue weighted by Crippen LogP contribution is -2.17. The Morgan fingerprint density at radius 1 is 1.18 bits per heavy atom. The van der Waals surface area contributed by atoms with Gasteiger partial charge in [0.05, 0.1) is 22.8 Å². The zero-order valence-electron chi connectivity index (χ0n) is 15.5. The third kappa shape index (κ3) is 3.58. The number of carbonyl (C=O) groups excluding carboxylic acids is 1. The minimum absolute atomic E-state index is 0.0412. The molecule has 1 aliphatic rings. The van der Waals surface area contributed by atoms with Crippen molar-refractivity contribution in [2.75, 3.05) is 5.32 Å². The first kappa shape index (κ1) is 18.5. The highest BCUT2D eigenvalue weighted by atomic mass is 19.3. The SMILES string of the molecule is C[C@H]1CC[C@H](n2cc(NC(=O)c3ccnc4cccnc34)c(C(F)F)n2)CC1. The molecule has 0 aromatic carbocycles. The summed E-state index contributed by atoms with van der Waals surface area (Å²) in [6.07, 6.45) is 5.71. The Kier molecular flexibility index (Phi) is 5.02. The lowest BCUT2D eigenvalue weighted by molar-refractivity contribution is 0.102. The summed E-state index contributed by atoms with van der Waals surface area (Å²) in [6.45, 7) is 2.20. The van der Waals surface area contributed by atoms with Gasteiger partial charge in [0.15, 0.2) is 5.69 Å². The van der Waals surface area contributed by atoms with Crippen molar-refractivity contribution in [2.45, 2.75) is 45.1 Å². The van der Waals surface area contributed by atoms with Gasteiger partial charge in [0.1, 0.15) is 5.52 Å². The van der Waals surface area contributed by atoms with E-state index < -0.39 is 18.0 Å². The number of hydrogen-bond acceptors (Lipinski definition) is 4. The van der Waals surface area contributed by atoms with Gasteiger partial charge in [-0.3, -0.25) is 19.4 Å². The van der Waals surface area contributed by atoms with Crippen molar-refractivity contribution in [1.82, 2.24) is 19.7 Å². The molecule has 3 aromatic rings. The molecule has 0 bridgehead atoms. The molecule has 28 heavy (non-hydrogen) atoms. The van der Waals surface area contributed by atoms with Crippen LogP contribution in [-0.4, -0.2) is 25.7 Å². The summed E-state index contributed by atoms with van der Waals surface area (Å²) in [4.78, 5) is 21.1. The van der Waals surface area contributed by atoms with E-state index in [9.17, 15) is 13.6 Å². The third-order valence-corrected chi connectivity index (χ3v) is 5.32. The van der Waals surface area contributed by atoms with Gasteiger partial charge in [-0.2, -0.15) is 5.10 Å². The number of amides is 1. The van der Waals surface area contributed by atoms with Crippen LogP contribution in [0.15, 0.2) is 36.8 Å². The average molecular weight is 385 g/mol. The molecule has 0 atom stereocenters. The number of alkyl halides is 2. The van der Waals surface area contributed by atoms with E-state index in [0.29, 0.717) is 17.0 Å². The van der Waals surface area contributed by atoms with E-state index in [1.54, 1.807) is 23.0 Å². The molecule has 0 aliphatic heterocycles. The van der Waals surface area contributed by atoms with Crippen LogP contribution in [-0.2, 0) is 0 Å². The van der Waals surface area contributed by atoms with Gasteiger partial charge in [0, 0.05) is 18.6 Å². The second-order valence-corrected chi connectivity index (χ2v) is 7.31. The Hall–Kier alpha value is -2.90. The number of carbonyl (C=O) groups is 1. The van der Waals surface area contributed by atoms with E-state index in [2.05, 4.69) is 27.3 Å². The van der Waals surface area contributed by atoms with Crippen LogP contribution in [0.2, 0.25) is 0 Å². The average Bonchev–Trinajstić information content (AvgIpc) is 3.12. The van der Waals surface area contributed by atoms with Crippen molar-refractivity contribution in [3.63, 3.8) is 0 Å². The van der Waals surface area contributed by atoms with Crippen molar-refractivity contribution < 1.29 is 13.6 Å². The van der Waals surface area contributed by atoms with E-state index >= 15 is 0 Å². The van der Waals surface area contributed by atoms with Gasteiger partial charge in [-0.05, 0) is 49.8 Å². The Balaban J connectivity index is 1.62. The number of pyridine rings is 2. The number of nitrogens with one attached hydrogen (secondary N) is 1. The first-order valence-electron chi connectivity index (χ1n) is 9.41. The number of fused-ring (bicyclic) bond motifs is 1. The second-order valence-electron chi connectivity index (χ2n) is 7.31. The highest BCUT2D eigenvalue weighted by molar-refractivity contribution is 6.11. The van der Waals surface area contributed by atoms with Gasteiger partial charge in [-0.15, -0.1) is 0 Å². The molecule has 1 aliphatic carbocycles. The van der Waals surface area contributed by atoms with Gasteiger partial charge in [0.2, 0.25) is 0 Å². The Morgan fingerprint density at radius 2 is 1.96 bits per heavy atom. The number of nitrogens with zero attached hydrogens (tertiary/aromatic N) is 4. The Bertz CT molecular complexity index is 990. The summed E-state index contributed by atoms with van der Waals surface area (Å²) in [7, 11) is 0. The van der Waals surface area contributed by atoms with Crippen molar-refractivity contribution in [3.05, 3.63) is 48.0 Å². The zero-order valence-corrected chi connectivity index (χ0v) is 15.5. The van der Waals surface area contributed by atoms with E-state index in [1.165, 1.54) is 18.5 Å². The van der Waals surface area contributed by atoms with Crippen LogP contribution in [0, 0.1) is 5.92 Å². The van der Waals surface area contributed by atoms with Gasteiger partial charge >= 0.3 is 0 Å². The monoisotopic (exact) mass is 385 g/mol. The van der Waals surface area contributed by atoms with Gasteiger partial charge < -0.3 is 5.32 Å². The van der Waals surface area contributed by atoms with E-state index in [1.807, 2.05) is 0 Å². The highest BCUT2D eigenvalue weighted by Crippen LogP contribution is 2.34. The van der Waals surface area contributed by atoms with Crippen LogP contribution in [0.3, 0.4) is 0 Å². The smallest absolute Gasteiger partial charge is 0.284 e. The topological polar surface area (TPSA) is 72.7 Å². The van der Waals surface area contributed by atoms with Crippen molar-refractivity contribution >= 4 is 22.6 Å². The summed E-state index contributed by atoms with van der Waals surface area (Å²) < 4.78 is 28.6. The second kappa shape index (κ2) is 7.61. The first-order chi connectivity index (χ1) is 13.5. The molecule has 3 aromatic heterocycles. The van der Waals surface area contributed by atoms with Crippen LogP contribution < -0.4 is 5.32 Å². The molecule has 0 radical (unpaired) electrons. The lowest BCUT2D eigenvalue weighted by atomic mass is 9.87. The van der Waals surface area contributed by atoms with Crippen LogP contribution in [0.25, 0.3) is 11.0 Å². The molecule has 1 amide bonds. The maximum Gasteiger partial charge on any atom is 0.284 e. The van der Waals surface area contributed by atoms with Gasteiger partial charge in [0.25, 0.3) is 12.3 Å². The largest absolute Gasteiger partial charge is 0.319 e. The normalized spacial score (nSPS) is 19.9.